The predicted molar refractivity (Wildman–Crippen MR) is 104 cm³/mol. The van der Waals surface area contributed by atoms with Crippen LogP contribution in [0.25, 0.3) is 0 Å². The minimum Gasteiger partial charge on any atom is -0.352 e. The Morgan fingerprint density at radius 1 is 1.21 bits per heavy atom. The second kappa shape index (κ2) is 9.43. The molecular formula is C20H33ClN2O. The maximum atomic E-state index is 12.2. The van der Waals surface area contributed by atoms with Crippen LogP contribution in [0.3, 0.4) is 0 Å². The van der Waals surface area contributed by atoms with Crippen molar-refractivity contribution in [2.75, 3.05) is 13.1 Å². The predicted octanol–water partition coefficient (Wildman–Crippen LogP) is 4.05. The summed E-state index contributed by atoms with van der Waals surface area (Å²) in [6.45, 7) is 11.7. The fourth-order valence-electron chi connectivity index (χ4n) is 3.27. The van der Waals surface area contributed by atoms with E-state index in [1.54, 1.807) is 0 Å². The lowest BCUT2D eigenvalue weighted by molar-refractivity contribution is -0.122. The molecule has 1 unspecified atom stereocenters. The normalized spacial score (nSPS) is 17.0. The number of hydrogen-bond donors (Lipinski definition) is 2. The molecule has 1 amide bonds. The Morgan fingerprint density at radius 3 is 2.33 bits per heavy atom. The van der Waals surface area contributed by atoms with Crippen molar-refractivity contribution < 1.29 is 4.79 Å². The van der Waals surface area contributed by atoms with Crippen molar-refractivity contribution >= 4 is 18.3 Å². The average Bonchev–Trinajstić information content (AvgIpc) is 2.53. The van der Waals surface area contributed by atoms with E-state index < -0.39 is 0 Å². The summed E-state index contributed by atoms with van der Waals surface area (Å²) in [5, 5.41) is 6.46. The zero-order chi connectivity index (χ0) is 16.9. The van der Waals surface area contributed by atoms with Crippen LogP contribution < -0.4 is 10.6 Å². The number of carbonyl (C=O) groups excluding carboxylic acids is 1. The first kappa shape index (κ1) is 21.0. The number of amides is 1. The fourth-order valence-corrected chi connectivity index (χ4v) is 3.27. The quantitative estimate of drug-likeness (QED) is 0.839. The van der Waals surface area contributed by atoms with Gasteiger partial charge in [-0.1, -0.05) is 52.0 Å². The molecule has 1 aromatic carbocycles. The summed E-state index contributed by atoms with van der Waals surface area (Å²) >= 11 is 0. The third kappa shape index (κ3) is 6.45. The van der Waals surface area contributed by atoms with Crippen molar-refractivity contribution in [2.45, 2.75) is 58.9 Å². The highest BCUT2D eigenvalue weighted by molar-refractivity contribution is 5.85. The topological polar surface area (TPSA) is 41.1 Å². The number of halogens is 1. The molecule has 136 valence electrons. The second-order valence-corrected chi connectivity index (χ2v) is 7.99. The molecule has 0 bridgehead atoms. The minimum absolute atomic E-state index is 0. The van der Waals surface area contributed by atoms with Gasteiger partial charge in [-0.25, -0.2) is 0 Å². The van der Waals surface area contributed by atoms with Crippen molar-refractivity contribution in [2.24, 2.45) is 11.8 Å². The van der Waals surface area contributed by atoms with Gasteiger partial charge in [0.2, 0.25) is 5.91 Å². The van der Waals surface area contributed by atoms with Crippen molar-refractivity contribution in [3.05, 3.63) is 35.4 Å². The van der Waals surface area contributed by atoms with Crippen LogP contribution in [-0.4, -0.2) is 19.0 Å². The standard InChI is InChI=1S/C20H32N2O.ClH/c1-15(17-9-11-21-12-10-17)13-19(23)22-14-16-5-7-18(8-6-16)20(2,3)4;/h5-8,15,17,21H,9-14H2,1-4H3,(H,22,23);1H. The van der Waals surface area contributed by atoms with Gasteiger partial charge >= 0.3 is 0 Å². The Labute approximate surface area is 153 Å². The van der Waals surface area contributed by atoms with Crippen LogP contribution in [0.15, 0.2) is 24.3 Å². The Morgan fingerprint density at radius 2 is 1.79 bits per heavy atom. The first-order chi connectivity index (χ1) is 10.9. The van der Waals surface area contributed by atoms with E-state index in [1.165, 1.54) is 24.0 Å². The van der Waals surface area contributed by atoms with Crippen LogP contribution in [0.4, 0.5) is 0 Å². The molecule has 1 aliphatic rings. The van der Waals surface area contributed by atoms with Gasteiger partial charge in [-0.3, -0.25) is 4.79 Å². The van der Waals surface area contributed by atoms with Crippen LogP contribution >= 0.6 is 12.4 Å². The zero-order valence-corrected chi connectivity index (χ0v) is 16.3. The zero-order valence-electron chi connectivity index (χ0n) is 15.5. The lowest BCUT2D eigenvalue weighted by Crippen LogP contribution is -2.33. The highest BCUT2D eigenvalue weighted by Crippen LogP contribution is 2.24. The maximum Gasteiger partial charge on any atom is 0.220 e. The lowest BCUT2D eigenvalue weighted by atomic mass is 9.84. The third-order valence-corrected chi connectivity index (χ3v) is 5.01. The van der Waals surface area contributed by atoms with Crippen LogP contribution in [0.5, 0.6) is 0 Å². The molecule has 3 nitrogen and oxygen atoms in total. The van der Waals surface area contributed by atoms with Gasteiger partial charge in [0.05, 0.1) is 0 Å². The fraction of sp³-hybridized carbons (Fsp3) is 0.650. The van der Waals surface area contributed by atoms with Crippen LogP contribution in [0.1, 0.15) is 58.1 Å². The molecular weight excluding hydrogens is 320 g/mol. The van der Waals surface area contributed by atoms with Gasteiger partial charge in [-0.15, -0.1) is 12.4 Å². The van der Waals surface area contributed by atoms with E-state index in [4.69, 9.17) is 0 Å². The largest absolute Gasteiger partial charge is 0.352 e. The average molecular weight is 353 g/mol. The summed E-state index contributed by atoms with van der Waals surface area (Å²) in [6.07, 6.45) is 3.04. The summed E-state index contributed by atoms with van der Waals surface area (Å²) in [6, 6.07) is 8.58. The number of nitrogens with one attached hydrogen (secondary N) is 2. The van der Waals surface area contributed by atoms with Gasteiger partial charge in [0.1, 0.15) is 0 Å². The molecule has 0 aromatic heterocycles. The third-order valence-electron chi connectivity index (χ3n) is 5.01. The van der Waals surface area contributed by atoms with Gasteiger partial charge < -0.3 is 10.6 Å². The van der Waals surface area contributed by atoms with Crippen molar-refractivity contribution in [3.63, 3.8) is 0 Å². The molecule has 1 saturated heterocycles. The van der Waals surface area contributed by atoms with Gasteiger partial charge in [-0.05, 0) is 54.3 Å². The Hall–Kier alpha value is -1.06. The molecule has 24 heavy (non-hydrogen) atoms. The maximum absolute atomic E-state index is 12.2. The number of hydrogen-bond acceptors (Lipinski definition) is 2. The van der Waals surface area contributed by atoms with E-state index in [1.807, 2.05) is 0 Å². The SMILES string of the molecule is CC(CC(=O)NCc1ccc(C(C)(C)C)cc1)C1CCNCC1.Cl. The summed E-state index contributed by atoms with van der Waals surface area (Å²) in [5.41, 5.74) is 2.67. The van der Waals surface area contributed by atoms with Crippen molar-refractivity contribution in [1.29, 1.82) is 0 Å². The minimum atomic E-state index is 0. The molecule has 0 aliphatic carbocycles. The molecule has 1 atom stereocenters. The number of benzene rings is 1. The summed E-state index contributed by atoms with van der Waals surface area (Å²) in [7, 11) is 0. The summed E-state index contributed by atoms with van der Waals surface area (Å²) in [4.78, 5) is 12.2. The first-order valence-corrected chi connectivity index (χ1v) is 8.93. The molecule has 2 rings (SSSR count). The Balaban J connectivity index is 0.00000288. The van der Waals surface area contributed by atoms with E-state index in [0.717, 1.165) is 13.1 Å². The molecule has 1 fully saturated rings. The molecule has 4 heteroatoms. The smallest absolute Gasteiger partial charge is 0.220 e. The van der Waals surface area contributed by atoms with Crippen LogP contribution in [0.2, 0.25) is 0 Å². The van der Waals surface area contributed by atoms with Crippen molar-refractivity contribution in [1.82, 2.24) is 10.6 Å². The molecule has 1 heterocycles. The van der Waals surface area contributed by atoms with E-state index in [-0.39, 0.29) is 23.7 Å². The van der Waals surface area contributed by atoms with Gasteiger partial charge in [0, 0.05) is 13.0 Å². The molecule has 1 aromatic rings. The Kier molecular flexibility index (Phi) is 8.24. The van der Waals surface area contributed by atoms with Gasteiger partial charge in [-0.2, -0.15) is 0 Å². The monoisotopic (exact) mass is 352 g/mol. The molecule has 0 radical (unpaired) electrons. The van der Waals surface area contributed by atoms with Crippen LogP contribution in [-0.2, 0) is 16.8 Å². The first-order valence-electron chi connectivity index (χ1n) is 8.93. The molecule has 0 saturated carbocycles. The number of carbonyl (C=O) groups is 1. The Bertz CT molecular complexity index is 501. The molecule has 1 aliphatic heterocycles. The highest BCUT2D eigenvalue weighted by Gasteiger charge is 2.21. The van der Waals surface area contributed by atoms with Crippen molar-refractivity contribution in [3.8, 4) is 0 Å². The second-order valence-electron chi connectivity index (χ2n) is 7.99. The van der Waals surface area contributed by atoms with Gasteiger partial charge in [0.15, 0.2) is 0 Å². The highest BCUT2D eigenvalue weighted by atomic mass is 35.5. The summed E-state index contributed by atoms with van der Waals surface area (Å²) < 4.78 is 0. The van der Waals surface area contributed by atoms with E-state index in [2.05, 4.69) is 62.6 Å². The summed E-state index contributed by atoms with van der Waals surface area (Å²) in [5.74, 6) is 1.34. The van der Waals surface area contributed by atoms with E-state index in [9.17, 15) is 4.79 Å². The van der Waals surface area contributed by atoms with E-state index >= 15 is 0 Å². The number of piperidine rings is 1. The van der Waals surface area contributed by atoms with Crippen LogP contribution in [0, 0.1) is 11.8 Å². The lowest BCUT2D eigenvalue weighted by Gasteiger charge is -2.27. The molecule has 2 N–H and O–H groups in total. The van der Waals surface area contributed by atoms with Gasteiger partial charge in [0.25, 0.3) is 0 Å². The molecule has 0 spiro atoms. The van der Waals surface area contributed by atoms with E-state index in [0.29, 0.717) is 24.8 Å². The number of rotatable bonds is 5.